The molecule has 11 nitrogen and oxygen atoms in total. The van der Waals surface area contributed by atoms with Gasteiger partial charge in [0.25, 0.3) is 5.09 Å². The molecule has 4 aliphatic rings. The Bertz CT molecular complexity index is 1550. The second-order valence-electron chi connectivity index (χ2n) is 16.4. The van der Waals surface area contributed by atoms with Crippen molar-refractivity contribution in [1.82, 2.24) is 0 Å². The van der Waals surface area contributed by atoms with Crippen LogP contribution in [0.2, 0.25) is 0 Å². The molecule has 0 radical (unpaired) electrons. The van der Waals surface area contributed by atoms with Crippen molar-refractivity contribution < 1.29 is 43.6 Å². The first kappa shape index (κ1) is 38.5. The number of hydrogen-bond donors (Lipinski definition) is 1. The van der Waals surface area contributed by atoms with Crippen molar-refractivity contribution in [3.8, 4) is 0 Å². The summed E-state index contributed by atoms with van der Waals surface area (Å²) < 4.78 is 17.7. The normalized spacial score (nSPS) is 36.4. The minimum atomic E-state index is -1.00. The van der Waals surface area contributed by atoms with Crippen molar-refractivity contribution in [1.29, 1.82) is 0 Å². The van der Waals surface area contributed by atoms with Gasteiger partial charge in [0.05, 0.1) is 6.10 Å². The lowest BCUT2D eigenvalue weighted by atomic mass is 9.36. The minimum absolute atomic E-state index is 0.0283. The average molecular weight is 710 g/mol. The lowest BCUT2D eigenvalue weighted by Crippen LogP contribution is -2.65. The fraction of sp³-hybridized carbons (Fsp3) is 0.675. The smallest absolute Gasteiger partial charge is 0.334 e. The van der Waals surface area contributed by atoms with Gasteiger partial charge in [-0.2, -0.15) is 0 Å². The van der Waals surface area contributed by atoms with Crippen LogP contribution in [0.1, 0.15) is 105 Å². The van der Waals surface area contributed by atoms with Gasteiger partial charge in [-0.05, 0) is 116 Å². The number of aliphatic hydroxyl groups is 1. The number of nitrogens with zero attached hydrogens (tertiary/aromatic N) is 1. The molecule has 280 valence electrons. The summed E-state index contributed by atoms with van der Waals surface area (Å²) in [4.78, 5) is 54.0. The molecule has 0 aliphatic heterocycles. The first-order chi connectivity index (χ1) is 24.0. The Balaban J connectivity index is 1.50. The van der Waals surface area contributed by atoms with Gasteiger partial charge in [-0.15, -0.1) is 10.1 Å². The molecule has 10 atom stereocenters. The predicted molar refractivity (Wildman–Crippen MR) is 188 cm³/mol. The molecule has 5 rings (SSSR count). The summed E-state index contributed by atoms with van der Waals surface area (Å²) in [7, 11) is 0. The first-order valence-electron chi connectivity index (χ1n) is 18.4. The second-order valence-corrected chi connectivity index (χ2v) is 16.4. The van der Waals surface area contributed by atoms with Gasteiger partial charge in [-0.3, -0.25) is 4.79 Å². The van der Waals surface area contributed by atoms with E-state index in [9.17, 15) is 29.6 Å². The fourth-order valence-electron chi connectivity index (χ4n) is 11.0. The molecule has 3 unspecified atom stereocenters. The van der Waals surface area contributed by atoms with E-state index in [4.69, 9.17) is 14.2 Å². The standard InChI is InChI=1S/C40H55NO10/c1-24(2)12-11-15-28(37(45)48-22-27-13-9-8-10-14-27)35-30-20-31(43)36-38(5)18-17-32(51-34(44)23-49-41(46)47)25(3)29(38)16-19-39(36,6)40(30,7)21-33(35)50-26(4)42/h8-10,12-14,25,29-33,36,43H,11,15-23H2,1-7H3/b35-28-/t25-,29?,30?,31+,32+,33-,36?,38-,39-,40-/m0/s1. The third-order valence-corrected chi connectivity index (χ3v) is 13.3. The van der Waals surface area contributed by atoms with Crippen molar-refractivity contribution in [2.75, 3.05) is 6.61 Å². The summed E-state index contributed by atoms with van der Waals surface area (Å²) in [6, 6.07) is 9.55. The highest BCUT2D eigenvalue weighted by Gasteiger charge is 2.71. The van der Waals surface area contributed by atoms with E-state index in [1.54, 1.807) is 0 Å². The molecule has 1 N–H and O–H groups in total. The van der Waals surface area contributed by atoms with E-state index in [0.717, 1.165) is 29.6 Å². The summed E-state index contributed by atoms with van der Waals surface area (Å²) in [6.07, 6.45) is 5.32. The zero-order valence-corrected chi connectivity index (χ0v) is 31.1. The van der Waals surface area contributed by atoms with Crippen LogP contribution >= 0.6 is 0 Å². The van der Waals surface area contributed by atoms with Gasteiger partial charge in [0, 0.05) is 12.5 Å². The van der Waals surface area contributed by atoms with Crippen LogP contribution in [0.3, 0.4) is 0 Å². The Labute approximate surface area is 301 Å². The Kier molecular flexibility index (Phi) is 11.4. The maximum Gasteiger partial charge on any atom is 0.334 e. The topological polar surface area (TPSA) is 152 Å². The average Bonchev–Trinajstić information content (AvgIpc) is 3.33. The second kappa shape index (κ2) is 15.1. The maximum atomic E-state index is 14.1. The molecule has 0 heterocycles. The summed E-state index contributed by atoms with van der Waals surface area (Å²) in [5.41, 5.74) is 2.28. The molecule has 0 aromatic heterocycles. The molecule has 0 amide bonds. The SMILES string of the molecule is CC(=O)O[C@H]1C[C@@]2(C)C(C[C@@H](O)C3[C@@]4(C)CC[C@@H](OC(=O)CO[N+](=O)[O-])[C@@H](C)C4CC[C@@]32C)/C1=C(\CCC=C(C)C)C(=O)OCc1ccccc1. The molecular weight excluding hydrogens is 654 g/mol. The van der Waals surface area contributed by atoms with Crippen molar-refractivity contribution in [2.45, 2.75) is 125 Å². The number of ether oxygens (including phenoxy) is 3. The molecule has 1 aromatic carbocycles. The molecule has 1 aromatic rings. The van der Waals surface area contributed by atoms with Gasteiger partial charge in [0.1, 0.15) is 18.8 Å². The molecule has 4 saturated carbocycles. The third-order valence-electron chi connectivity index (χ3n) is 13.3. The number of rotatable bonds is 11. The summed E-state index contributed by atoms with van der Waals surface area (Å²) in [5, 5.41) is 21.9. The van der Waals surface area contributed by atoms with E-state index in [1.165, 1.54) is 6.92 Å². The largest absolute Gasteiger partial charge is 0.461 e. The molecular formula is C40H55NO10. The van der Waals surface area contributed by atoms with Gasteiger partial charge >= 0.3 is 17.9 Å². The van der Waals surface area contributed by atoms with Gasteiger partial charge in [-0.25, -0.2) is 9.59 Å². The van der Waals surface area contributed by atoms with Crippen LogP contribution in [-0.2, 0) is 40.0 Å². The lowest BCUT2D eigenvalue weighted by Gasteiger charge is -2.69. The van der Waals surface area contributed by atoms with Gasteiger partial charge in [-0.1, -0.05) is 69.7 Å². The van der Waals surface area contributed by atoms with Crippen LogP contribution in [-0.4, -0.2) is 53.0 Å². The fourth-order valence-corrected chi connectivity index (χ4v) is 11.0. The lowest BCUT2D eigenvalue weighted by molar-refractivity contribution is -0.754. The van der Waals surface area contributed by atoms with Crippen LogP contribution in [0.4, 0.5) is 0 Å². The number of allylic oxidation sites excluding steroid dienone is 2. The van der Waals surface area contributed by atoms with E-state index in [-0.39, 0.29) is 41.1 Å². The number of fused-ring (bicyclic) bond motifs is 5. The highest BCUT2D eigenvalue weighted by Crippen LogP contribution is 2.74. The molecule has 11 heteroatoms. The number of hydrogen-bond acceptors (Lipinski definition) is 10. The summed E-state index contributed by atoms with van der Waals surface area (Å²) in [6.45, 7) is 13.7. The molecule has 51 heavy (non-hydrogen) atoms. The first-order valence-corrected chi connectivity index (χ1v) is 18.4. The molecule has 4 fully saturated rings. The van der Waals surface area contributed by atoms with E-state index >= 15 is 0 Å². The van der Waals surface area contributed by atoms with E-state index in [0.29, 0.717) is 44.1 Å². The van der Waals surface area contributed by atoms with Crippen molar-refractivity contribution >= 4 is 17.9 Å². The van der Waals surface area contributed by atoms with Crippen molar-refractivity contribution in [3.05, 3.63) is 68.8 Å². The Morgan fingerprint density at radius 1 is 1.02 bits per heavy atom. The third kappa shape index (κ3) is 7.46. The number of esters is 3. The minimum Gasteiger partial charge on any atom is -0.461 e. The number of carbonyl (C=O) groups excluding carboxylic acids is 3. The predicted octanol–water partition coefficient (Wildman–Crippen LogP) is 7.08. The Hall–Kier alpha value is -3.73. The molecule has 0 bridgehead atoms. The molecule has 0 saturated heterocycles. The van der Waals surface area contributed by atoms with Gasteiger partial charge in [0.15, 0.2) is 6.61 Å². The zero-order valence-electron chi connectivity index (χ0n) is 31.1. The highest BCUT2D eigenvalue weighted by atomic mass is 17.0. The zero-order chi connectivity index (χ0) is 37.3. The van der Waals surface area contributed by atoms with E-state index < -0.39 is 53.3 Å². The van der Waals surface area contributed by atoms with E-state index in [2.05, 4.69) is 38.6 Å². The Morgan fingerprint density at radius 2 is 1.73 bits per heavy atom. The highest BCUT2D eigenvalue weighted by molar-refractivity contribution is 5.90. The number of benzene rings is 1. The number of aliphatic hydroxyl groups excluding tert-OH is 1. The Morgan fingerprint density at radius 3 is 2.37 bits per heavy atom. The maximum absolute atomic E-state index is 14.1. The van der Waals surface area contributed by atoms with Crippen molar-refractivity contribution in [3.63, 3.8) is 0 Å². The molecule has 4 aliphatic carbocycles. The summed E-state index contributed by atoms with van der Waals surface area (Å²) >= 11 is 0. The van der Waals surface area contributed by atoms with Gasteiger partial charge < -0.3 is 24.2 Å². The monoisotopic (exact) mass is 709 g/mol. The van der Waals surface area contributed by atoms with Crippen molar-refractivity contribution in [2.24, 2.45) is 39.9 Å². The van der Waals surface area contributed by atoms with Gasteiger partial charge in [0.2, 0.25) is 0 Å². The van der Waals surface area contributed by atoms with Crippen LogP contribution in [0.25, 0.3) is 0 Å². The quantitative estimate of drug-likeness (QED) is 0.0630. The van der Waals surface area contributed by atoms with Crippen LogP contribution in [0, 0.1) is 50.0 Å². The number of carbonyl (C=O) groups is 3. The van der Waals surface area contributed by atoms with Crippen LogP contribution in [0.5, 0.6) is 0 Å². The van der Waals surface area contributed by atoms with Crippen LogP contribution in [0.15, 0.2) is 53.1 Å². The molecule has 0 spiro atoms. The summed E-state index contributed by atoms with van der Waals surface area (Å²) in [5.74, 6) is -1.78. The van der Waals surface area contributed by atoms with Crippen LogP contribution < -0.4 is 0 Å². The van der Waals surface area contributed by atoms with E-state index in [1.807, 2.05) is 44.2 Å².